The third kappa shape index (κ3) is 3.67. The Labute approximate surface area is 109 Å². The van der Waals surface area contributed by atoms with E-state index in [1.807, 2.05) is 10.9 Å². The van der Waals surface area contributed by atoms with Crippen LogP contribution in [0.1, 0.15) is 45.7 Å². The average molecular weight is 248 g/mol. The Bertz CT molecular complexity index is 400. The topological polar surface area (TPSA) is 42.7 Å². The van der Waals surface area contributed by atoms with Gasteiger partial charge >= 0.3 is 0 Å². The molecule has 1 aromatic rings. The largest absolute Gasteiger partial charge is 0.311 e. The molecule has 0 saturated carbocycles. The lowest BCUT2D eigenvalue weighted by molar-refractivity contribution is 0.346. The van der Waals surface area contributed by atoms with E-state index in [2.05, 4.69) is 48.6 Å². The van der Waals surface area contributed by atoms with E-state index in [0.29, 0.717) is 0 Å². The van der Waals surface area contributed by atoms with E-state index in [1.165, 1.54) is 19.3 Å². The molecular weight excluding hydrogens is 224 g/mol. The summed E-state index contributed by atoms with van der Waals surface area (Å²) in [7, 11) is 0. The van der Waals surface area contributed by atoms with Gasteiger partial charge in [0.15, 0.2) is 0 Å². The van der Waals surface area contributed by atoms with Crippen molar-refractivity contribution < 1.29 is 0 Å². The molecule has 4 heteroatoms. The molecule has 0 fully saturated rings. The lowest BCUT2D eigenvalue weighted by atomic mass is 9.94. The summed E-state index contributed by atoms with van der Waals surface area (Å²) in [6.45, 7) is 8.29. The highest BCUT2D eigenvalue weighted by Gasteiger charge is 2.15. The zero-order valence-corrected chi connectivity index (χ0v) is 11.7. The maximum absolute atomic E-state index is 4.20. The van der Waals surface area contributed by atoms with Crippen LogP contribution in [0.2, 0.25) is 0 Å². The van der Waals surface area contributed by atoms with Crippen LogP contribution in [0.4, 0.5) is 0 Å². The SMILES string of the molecule is CC(C)(C)n1cc(CNCC2CC=CCC2)nn1. The summed E-state index contributed by atoms with van der Waals surface area (Å²) in [4.78, 5) is 0. The molecule has 4 nitrogen and oxygen atoms in total. The van der Waals surface area contributed by atoms with Gasteiger partial charge < -0.3 is 5.32 Å². The standard InChI is InChI=1S/C14H24N4/c1-14(2,3)18-11-13(16-17-18)10-15-9-12-7-5-4-6-8-12/h4-5,11-12,15H,6-10H2,1-3H3. The Hall–Kier alpha value is -1.16. The van der Waals surface area contributed by atoms with Crippen molar-refractivity contribution in [3.05, 3.63) is 24.0 Å². The number of hydrogen-bond donors (Lipinski definition) is 1. The van der Waals surface area contributed by atoms with Crippen LogP contribution in [-0.4, -0.2) is 21.5 Å². The zero-order valence-electron chi connectivity index (χ0n) is 11.7. The normalized spacial score (nSPS) is 20.3. The highest BCUT2D eigenvalue weighted by atomic mass is 15.4. The third-order valence-electron chi connectivity index (χ3n) is 3.34. The molecule has 1 N–H and O–H groups in total. The second kappa shape index (κ2) is 5.65. The number of rotatable bonds is 4. The van der Waals surface area contributed by atoms with Crippen molar-refractivity contribution in [1.82, 2.24) is 20.3 Å². The van der Waals surface area contributed by atoms with Gasteiger partial charge in [0, 0.05) is 6.54 Å². The lowest BCUT2D eigenvalue weighted by Crippen LogP contribution is -2.23. The summed E-state index contributed by atoms with van der Waals surface area (Å²) in [6, 6.07) is 0. The van der Waals surface area contributed by atoms with Gasteiger partial charge in [-0.1, -0.05) is 17.4 Å². The summed E-state index contributed by atoms with van der Waals surface area (Å²) < 4.78 is 1.92. The molecule has 1 atom stereocenters. The minimum absolute atomic E-state index is 0.0133. The van der Waals surface area contributed by atoms with E-state index < -0.39 is 0 Å². The molecule has 2 rings (SSSR count). The monoisotopic (exact) mass is 248 g/mol. The Morgan fingerprint density at radius 1 is 1.39 bits per heavy atom. The minimum atomic E-state index is 0.0133. The van der Waals surface area contributed by atoms with Crippen LogP contribution < -0.4 is 5.32 Å². The molecule has 1 aliphatic carbocycles. The Morgan fingerprint density at radius 2 is 2.22 bits per heavy atom. The van der Waals surface area contributed by atoms with E-state index in [4.69, 9.17) is 0 Å². The highest BCUT2D eigenvalue weighted by molar-refractivity contribution is 4.95. The molecule has 0 spiro atoms. The fraction of sp³-hybridized carbons (Fsp3) is 0.714. The molecule has 0 aromatic carbocycles. The summed E-state index contributed by atoms with van der Waals surface area (Å²) >= 11 is 0. The second-order valence-corrected chi connectivity index (χ2v) is 6.11. The van der Waals surface area contributed by atoms with Gasteiger partial charge in [0.2, 0.25) is 0 Å². The molecule has 1 heterocycles. The van der Waals surface area contributed by atoms with Crippen LogP contribution in [0.3, 0.4) is 0 Å². The van der Waals surface area contributed by atoms with Crippen LogP contribution in [0, 0.1) is 5.92 Å². The molecule has 100 valence electrons. The molecule has 0 bridgehead atoms. The van der Waals surface area contributed by atoms with Gasteiger partial charge in [-0.15, -0.1) is 5.10 Å². The predicted molar refractivity (Wildman–Crippen MR) is 73.2 cm³/mol. The molecule has 1 unspecified atom stereocenters. The van der Waals surface area contributed by atoms with Gasteiger partial charge in [-0.3, -0.25) is 0 Å². The molecule has 1 aromatic heterocycles. The molecule has 0 aliphatic heterocycles. The number of aromatic nitrogens is 3. The van der Waals surface area contributed by atoms with Crippen molar-refractivity contribution >= 4 is 0 Å². The number of nitrogens with zero attached hydrogens (tertiary/aromatic N) is 3. The number of nitrogens with one attached hydrogen (secondary N) is 1. The van der Waals surface area contributed by atoms with E-state index in [-0.39, 0.29) is 5.54 Å². The van der Waals surface area contributed by atoms with Crippen molar-refractivity contribution in [3.63, 3.8) is 0 Å². The second-order valence-electron chi connectivity index (χ2n) is 6.11. The van der Waals surface area contributed by atoms with E-state index >= 15 is 0 Å². The predicted octanol–water partition coefficient (Wildman–Crippen LogP) is 2.48. The van der Waals surface area contributed by atoms with Crippen LogP contribution in [-0.2, 0) is 12.1 Å². The Balaban J connectivity index is 1.76. The summed E-state index contributed by atoms with van der Waals surface area (Å²) in [6.07, 6.45) is 10.4. The first kappa shape index (κ1) is 13.3. The fourth-order valence-electron chi connectivity index (χ4n) is 2.15. The molecule has 1 aliphatic rings. The van der Waals surface area contributed by atoms with Gasteiger partial charge in [0.05, 0.1) is 17.4 Å². The van der Waals surface area contributed by atoms with E-state index in [9.17, 15) is 0 Å². The van der Waals surface area contributed by atoms with Gasteiger partial charge in [-0.05, 0) is 52.5 Å². The summed E-state index contributed by atoms with van der Waals surface area (Å²) in [5.74, 6) is 0.785. The van der Waals surface area contributed by atoms with Gasteiger partial charge in [0.1, 0.15) is 0 Å². The van der Waals surface area contributed by atoms with Crippen LogP contribution in [0.5, 0.6) is 0 Å². The van der Waals surface area contributed by atoms with E-state index in [0.717, 1.165) is 24.7 Å². The first-order chi connectivity index (χ1) is 8.55. The molecule has 0 radical (unpaired) electrons. The minimum Gasteiger partial charge on any atom is -0.311 e. The van der Waals surface area contributed by atoms with Crippen molar-refractivity contribution in [2.24, 2.45) is 5.92 Å². The van der Waals surface area contributed by atoms with Crippen LogP contribution in [0.15, 0.2) is 18.3 Å². The van der Waals surface area contributed by atoms with Gasteiger partial charge in [-0.2, -0.15) is 0 Å². The van der Waals surface area contributed by atoms with Gasteiger partial charge in [-0.25, -0.2) is 4.68 Å². The van der Waals surface area contributed by atoms with E-state index in [1.54, 1.807) is 0 Å². The van der Waals surface area contributed by atoms with Crippen molar-refractivity contribution in [3.8, 4) is 0 Å². The smallest absolute Gasteiger partial charge is 0.0965 e. The van der Waals surface area contributed by atoms with Crippen molar-refractivity contribution in [2.45, 2.75) is 52.1 Å². The first-order valence-corrected chi connectivity index (χ1v) is 6.83. The van der Waals surface area contributed by atoms with Crippen molar-refractivity contribution in [1.29, 1.82) is 0 Å². The highest BCUT2D eigenvalue weighted by Crippen LogP contribution is 2.17. The van der Waals surface area contributed by atoms with Gasteiger partial charge in [0.25, 0.3) is 0 Å². The number of allylic oxidation sites excluding steroid dienone is 2. The summed E-state index contributed by atoms with van der Waals surface area (Å²) in [5, 5.41) is 11.9. The molecular formula is C14H24N4. The quantitative estimate of drug-likeness (QED) is 0.832. The van der Waals surface area contributed by atoms with Crippen LogP contribution in [0.25, 0.3) is 0 Å². The first-order valence-electron chi connectivity index (χ1n) is 6.83. The molecule has 18 heavy (non-hydrogen) atoms. The maximum atomic E-state index is 4.20. The zero-order chi connectivity index (χ0) is 13.0. The Kier molecular flexibility index (Phi) is 4.17. The molecule has 0 amide bonds. The lowest BCUT2D eigenvalue weighted by Gasteiger charge is -2.18. The third-order valence-corrected chi connectivity index (χ3v) is 3.34. The molecule has 0 saturated heterocycles. The summed E-state index contributed by atoms with van der Waals surface area (Å²) in [5.41, 5.74) is 1.04. The fourth-order valence-corrected chi connectivity index (χ4v) is 2.15. The number of hydrogen-bond acceptors (Lipinski definition) is 3. The Morgan fingerprint density at radius 3 is 2.83 bits per heavy atom. The van der Waals surface area contributed by atoms with Crippen molar-refractivity contribution in [2.75, 3.05) is 6.54 Å². The van der Waals surface area contributed by atoms with Crippen LogP contribution >= 0.6 is 0 Å². The maximum Gasteiger partial charge on any atom is 0.0965 e. The average Bonchev–Trinajstić information content (AvgIpc) is 2.79.